The van der Waals surface area contributed by atoms with Crippen LogP contribution < -0.4 is 14.8 Å². The van der Waals surface area contributed by atoms with Crippen LogP contribution in [-0.4, -0.2) is 63.1 Å². The fourth-order valence-corrected chi connectivity index (χ4v) is 6.22. The number of thiazole rings is 1. The van der Waals surface area contributed by atoms with Crippen molar-refractivity contribution in [2.75, 3.05) is 32.6 Å². The Kier molecular flexibility index (Phi) is 6.57. The topological polar surface area (TPSA) is 107 Å². The highest BCUT2D eigenvalue weighted by Gasteiger charge is 2.32. The van der Waals surface area contributed by atoms with E-state index >= 15 is 0 Å². The highest BCUT2D eigenvalue weighted by molar-refractivity contribution is 7.89. The van der Waals surface area contributed by atoms with Crippen LogP contribution in [0.2, 0.25) is 0 Å². The van der Waals surface area contributed by atoms with Gasteiger partial charge in [-0.15, -0.1) is 0 Å². The second kappa shape index (κ2) is 9.26. The first-order valence-corrected chi connectivity index (χ1v) is 12.6. The van der Waals surface area contributed by atoms with Crippen molar-refractivity contribution in [2.45, 2.75) is 31.0 Å². The molecule has 1 fully saturated rings. The van der Waals surface area contributed by atoms with Gasteiger partial charge in [-0.2, -0.15) is 4.31 Å². The summed E-state index contributed by atoms with van der Waals surface area (Å²) < 4.78 is 44.5. The molecule has 0 saturated carbocycles. The Morgan fingerprint density at radius 3 is 2.39 bits per heavy atom. The van der Waals surface area contributed by atoms with Gasteiger partial charge in [-0.1, -0.05) is 11.3 Å². The predicted molar refractivity (Wildman–Crippen MR) is 126 cm³/mol. The average molecular weight is 492 g/mol. The van der Waals surface area contributed by atoms with Crippen LogP contribution in [-0.2, 0) is 14.8 Å². The van der Waals surface area contributed by atoms with Gasteiger partial charge in [-0.05, 0) is 44.2 Å². The predicted octanol–water partition coefficient (Wildman–Crippen LogP) is 3.36. The number of hydrogen-bond donors (Lipinski definition) is 1. The lowest BCUT2D eigenvalue weighted by Crippen LogP contribution is -2.48. The number of fused-ring (bicyclic) bond motifs is 1. The monoisotopic (exact) mass is 491 g/mol. The van der Waals surface area contributed by atoms with Crippen LogP contribution in [0.25, 0.3) is 10.2 Å². The molecule has 176 valence electrons. The number of anilines is 1. The highest BCUT2D eigenvalue weighted by Crippen LogP contribution is 2.36. The smallest absolute Gasteiger partial charge is 0.257 e. The molecule has 1 N–H and O–H groups in total. The zero-order chi connectivity index (χ0) is 23.8. The summed E-state index contributed by atoms with van der Waals surface area (Å²) in [6.07, 6.45) is -0.359. The van der Waals surface area contributed by atoms with Crippen LogP contribution in [0.4, 0.5) is 5.13 Å². The van der Waals surface area contributed by atoms with E-state index in [-0.39, 0.29) is 17.1 Å². The number of carbonyl (C=O) groups is 1. The van der Waals surface area contributed by atoms with Crippen LogP contribution in [0.15, 0.2) is 41.3 Å². The Balaban J connectivity index is 1.52. The van der Waals surface area contributed by atoms with E-state index in [0.717, 1.165) is 4.70 Å². The molecule has 0 bridgehead atoms. The van der Waals surface area contributed by atoms with Crippen LogP contribution >= 0.6 is 11.3 Å². The first-order chi connectivity index (χ1) is 15.7. The van der Waals surface area contributed by atoms with E-state index in [0.29, 0.717) is 40.8 Å². The van der Waals surface area contributed by atoms with Gasteiger partial charge in [-0.3, -0.25) is 10.1 Å². The molecule has 0 radical (unpaired) electrons. The number of ether oxygens (including phenoxy) is 3. The second-order valence-electron chi connectivity index (χ2n) is 7.75. The number of carbonyl (C=O) groups excluding carboxylic acids is 1. The second-order valence-corrected chi connectivity index (χ2v) is 10.7. The lowest BCUT2D eigenvalue weighted by molar-refractivity contribution is -0.0440. The molecule has 1 amide bonds. The molecule has 4 rings (SSSR count). The van der Waals surface area contributed by atoms with Gasteiger partial charge in [0.05, 0.1) is 36.0 Å². The van der Waals surface area contributed by atoms with Crippen molar-refractivity contribution in [1.29, 1.82) is 0 Å². The van der Waals surface area contributed by atoms with Crippen molar-refractivity contribution in [3.63, 3.8) is 0 Å². The van der Waals surface area contributed by atoms with Crippen LogP contribution in [0.5, 0.6) is 11.5 Å². The molecule has 33 heavy (non-hydrogen) atoms. The van der Waals surface area contributed by atoms with Gasteiger partial charge in [0.2, 0.25) is 10.0 Å². The van der Waals surface area contributed by atoms with Crippen LogP contribution in [0.1, 0.15) is 24.2 Å². The van der Waals surface area contributed by atoms with Gasteiger partial charge in [0.25, 0.3) is 5.91 Å². The number of aromatic nitrogens is 1. The maximum Gasteiger partial charge on any atom is 0.257 e. The lowest BCUT2D eigenvalue weighted by atomic mass is 10.2. The quantitative estimate of drug-likeness (QED) is 0.563. The fraction of sp³-hybridized carbons (Fsp3) is 0.364. The summed E-state index contributed by atoms with van der Waals surface area (Å²) in [4.78, 5) is 17.3. The number of benzene rings is 2. The standard InChI is InChI=1S/C22H25N3O6S2/c1-13-11-25(12-14(2)31-13)33(27,28)17-7-5-15(6-8-17)21(26)24-22-23-20-18(30-4)9-16(29-3)10-19(20)32-22/h5-10,13-14H,11-12H2,1-4H3,(H,23,24,26). The van der Waals surface area contributed by atoms with E-state index in [1.165, 1.54) is 39.9 Å². The third-order valence-corrected chi connectivity index (χ3v) is 8.01. The van der Waals surface area contributed by atoms with Gasteiger partial charge in [0.15, 0.2) is 5.13 Å². The number of sulfonamides is 1. The third kappa shape index (κ3) is 4.81. The zero-order valence-corrected chi connectivity index (χ0v) is 20.3. The van der Waals surface area contributed by atoms with Gasteiger partial charge in [-0.25, -0.2) is 13.4 Å². The Labute approximate surface area is 196 Å². The zero-order valence-electron chi connectivity index (χ0n) is 18.7. The lowest BCUT2D eigenvalue weighted by Gasteiger charge is -2.34. The van der Waals surface area contributed by atoms with Crippen molar-refractivity contribution in [3.8, 4) is 11.5 Å². The summed E-state index contributed by atoms with van der Waals surface area (Å²) in [5, 5.41) is 3.16. The normalized spacial score (nSPS) is 19.4. The molecular weight excluding hydrogens is 466 g/mol. The summed E-state index contributed by atoms with van der Waals surface area (Å²) in [6.45, 7) is 4.28. The minimum atomic E-state index is -3.68. The number of nitrogens with zero attached hydrogens (tertiary/aromatic N) is 2. The van der Waals surface area contributed by atoms with E-state index in [9.17, 15) is 13.2 Å². The SMILES string of the molecule is COc1cc(OC)c2nc(NC(=O)c3ccc(S(=O)(=O)N4CC(C)OC(C)C4)cc3)sc2c1. The van der Waals surface area contributed by atoms with Gasteiger partial charge < -0.3 is 14.2 Å². The fourth-order valence-electron chi connectivity index (χ4n) is 3.73. The maximum absolute atomic E-state index is 13.0. The van der Waals surface area contributed by atoms with Crippen molar-refractivity contribution in [1.82, 2.24) is 9.29 Å². The van der Waals surface area contributed by atoms with Crippen molar-refractivity contribution < 1.29 is 27.4 Å². The minimum absolute atomic E-state index is 0.136. The van der Waals surface area contributed by atoms with E-state index in [4.69, 9.17) is 14.2 Å². The molecule has 2 atom stereocenters. The summed E-state index contributed by atoms with van der Waals surface area (Å²) in [6, 6.07) is 9.42. The third-order valence-electron chi connectivity index (χ3n) is 5.25. The number of morpholine rings is 1. The Morgan fingerprint density at radius 2 is 1.79 bits per heavy atom. The van der Waals surface area contributed by atoms with Gasteiger partial charge >= 0.3 is 0 Å². The summed E-state index contributed by atoms with van der Waals surface area (Å²) in [5.41, 5.74) is 0.940. The van der Waals surface area contributed by atoms with E-state index in [2.05, 4.69) is 10.3 Å². The molecule has 1 aliphatic rings. The van der Waals surface area contributed by atoms with E-state index < -0.39 is 15.9 Å². The number of methoxy groups -OCH3 is 2. The largest absolute Gasteiger partial charge is 0.497 e. The molecular formula is C22H25N3O6S2. The summed E-state index contributed by atoms with van der Waals surface area (Å²) in [7, 11) is -0.570. The summed E-state index contributed by atoms with van der Waals surface area (Å²) in [5.74, 6) is 0.779. The summed E-state index contributed by atoms with van der Waals surface area (Å²) >= 11 is 1.29. The molecule has 11 heteroatoms. The molecule has 9 nitrogen and oxygen atoms in total. The molecule has 2 aromatic carbocycles. The Hall–Kier alpha value is -2.73. The first kappa shape index (κ1) is 23.4. The van der Waals surface area contributed by atoms with Crippen LogP contribution in [0, 0.1) is 0 Å². The molecule has 1 aromatic heterocycles. The Bertz CT molecular complexity index is 1260. The molecule has 0 aliphatic carbocycles. The van der Waals surface area contributed by atoms with E-state index in [1.807, 2.05) is 19.9 Å². The average Bonchev–Trinajstić information content (AvgIpc) is 3.20. The highest BCUT2D eigenvalue weighted by atomic mass is 32.2. The molecule has 2 heterocycles. The molecule has 3 aromatic rings. The van der Waals surface area contributed by atoms with Crippen molar-refractivity contribution in [2.24, 2.45) is 0 Å². The van der Waals surface area contributed by atoms with Gasteiger partial charge in [0.1, 0.15) is 17.0 Å². The van der Waals surface area contributed by atoms with Crippen LogP contribution in [0.3, 0.4) is 0 Å². The number of amides is 1. The Morgan fingerprint density at radius 1 is 1.12 bits per heavy atom. The molecule has 1 aliphatic heterocycles. The van der Waals surface area contributed by atoms with Gasteiger partial charge in [0, 0.05) is 24.7 Å². The molecule has 0 spiro atoms. The maximum atomic E-state index is 13.0. The number of rotatable bonds is 6. The van der Waals surface area contributed by atoms with Crippen molar-refractivity contribution in [3.05, 3.63) is 42.0 Å². The number of nitrogens with one attached hydrogen (secondary N) is 1. The van der Waals surface area contributed by atoms with E-state index in [1.54, 1.807) is 20.3 Å². The molecule has 2 unspecified atom stereocenters. The van der Waals surface area contributed by atoms with Crippen molar-refractivity contribution >= 4 is 42.6 Å². The number of hydrogen-bond acceptors (Lipinski definition) is 8. The minimum Gasteiger partial charge on any atom is -0.497 e. The molecule has 1 saturated heterocycles. The first-order valence-electron chi connectivity index (χ1n) is 10.3.